The molecule has 9 heteroatoms. The highest BCUT2D eigenvalue weighted by atomic mass is 127. The van der Waals surface area contributed by atoms with Crippen LogP contribution in [-0.4, -0.2) is 38.8 Å². The first-order valence-electron chi connectivity index (χ1n) is 9.34. The summed E-state index contributed by atoms with van der Waals surface area (Å²) in [5.74, 6) is 0.852. The molecule has 1 aliphatic rings. The fourth-order valence-electron chi connectivity index (χ4n) is 3.28. The number of anilines is 1. The molecule has 0 aromatic heterocycles. The SMILES string of the molecule is CN=C(NCc1ccc(C#N)cc1)NC1CCN(c2ccccc2OC(F)F)C1.I. The summed E-state index contributed by atoms with van der Waals surface area (Å²) in [7, 11) is 1.70. The lowest BCUT2D eigenvalue weighted by atomic mass is 10.1. The number of benzene rings is 2. The zero-order chi connectivity index (χ0) is 20.6. The van der Waals surface area contributed by atoms with Crippen molar-refractivity contribution in [3.05, 3.63) is 59.7 Å². The largest absolute Gasteiger partial charge is 0.433 e. The third-order valence-electron chi connectivity index (χ3n) is 4.72. The van der Waals surface area contributed by atoms with E-state index in [0.29, 0.717) is 30.3 Å². The molecule has 1 aliphatic heterocycles. The van der Waals surface area contributed by atoms with Crippen molar-refractivity contribution in [2.45, 2.75) is 25.6 Å². The van der Waals surface area contributed by atoms with Crippen LogP contribution >= 0.6 is 24.0 Å². The van der Waals surface area contributed by atoms with Crippen molar-refractivity contribution in [2.75, 3.05) is 25.0 Å². The Morgan fingerprint density at radius 1 is 1.27 bits per heavy atom. The standard InChI is InChI=1S/C21H23F2N5O.HI/c1-25-21(26-13-16-8-6-15(12-24)7-9-16)27-17-10-11-28(14-17)18-4-2-3-5-19(18)29-20(22)23;/h2-9,17,20H,10-11,13-14H2,1H3,(H2,25,26,27);1H. The van der Waals surface area contributed by atoms with Gasteiger partial charge in [-0.25, -0.2) is 0 Å². The average molecular weight is 527 g/mol. The Morgan fingerprint density at radius 3 is 2.67 bits per heavy atom. The first-order chi connectivity index (χ1) is 14.1. The Balaban J connectivity index is 0.00000320. The van der Waals surface area contributed by atoms with Crippen LogP contribution in [0.2, 0.25) is 0 Å². The number of alkyl halides is 2. The fourth-order valence-corrected chi connectivity index (χ4v) is 3.28. The number of hydrogen-bond acceptors (Lipinski definition) is 4. The van der Waals surface area contributed by atoms with Gasteiger partial charge in [0.25, 0.3) is 0 Å². The third kappa shape index (κ3) is 6.45. The number of para-hydroxylation sites is 2. The molecule has 30 heavy (non-hydrogen) atoms. The lowest BCUT2D eigenvalue weighted by Crippen LogP contribution is -2.44. The predicted octanol–water partition coefficient (Wildman–Crippen LogP) is 3.72. The van der Waals surface area contributed by atoms with Gasteiger partial charge in [-0.3, -0.25) is 4.99 Å². The molecule has 2 aromatic rings. The second kappa shape index (κ2) is 11.5. The van der Waals surface area contributed by atoms with Gasteiger partial charge < -0.3 is 20.3 Å². The highest BCUT2D eigenvalue weighted by Gasteiger charge is 2.26. The zero-order valence-corrected chi connectivity index (χ0v) is 18.8. The maximum atomic E-state index is 12.7. The number of aliphatic imine (C=N–C) groups is 1. The van der Waals surface area contributed by atoms with Gasteiger partial charge in [0.05, 0.1) is 17.3 Å². The van der Waals surface area contributed by atoms with Crippen LogP contribution in [0.5, 0.6) is 5.75 Å². The van der Waals surface area contributed by atoms with Gasteiger partial charge in [0.2, 0.25) is 0 Å². The molecule has 0 radical (unpaired) electrons. The van der Waals surface area contributed by atoms with Crippen LogP contribution < -0.4 is 20.3 Å². The molecule has 0 bridgehead atoms. The molecule has 0 aliphatic carbocycles. The summed E-state index contributed by atoms with van der Waals surface area (Å²) in [6, 6.07) is 16.4. The summed E-state index contributed by atoms with van der Waals surface area (Å²) < 4.78 is 30.0. The third-order valence-corrected chi connectivity index (χ3v) is 4.72. The number of nitrogens with zero attached hydrogens (tertiary/aromatic N) is 3. The minimum Gasteiger partial charge on any atom is -0.433 e. The smallest absolute Gasteiger partial charge is 0.387 e. The van der Waals surface area contributed by atoms with E-state index in [1.807, 2.05) is 23.1 Å². The number of rotatable bonds is 6. The maximum absolute atomic E-state index is 12.7. The molecule has 2 aromatic carbocycles. The molecule has 2 N–H and O–H groups in total. The van der Waals surface area contributed by atoms with E-state index in [-0.39, 0.29) is 35.8 Å². The summed E-state index contributed by atoms with van der Waals surface area (Å²) in [6.45, 7) is -0.889. The average Bonchev–Trinajstić information content (AvgIpc) is 3.19. The molecule has 1 fully saturated rings. The van der Waals surface area contributed by atoms with Crippen molar-refractivity contribution in [2.24, 2.45) is 4.99 Å². The van der Waals surface area contributed by atoms with E-state index in [1.54, 1.807) is 37.4 Å². The van der Waals surface area contributed by atoms with E-state index >= 15 is 0 Å². The van der Waals surface area contributed by atoms with Crippen molar-refractivity contribution in [1.82, 2.24) is 10.6 Å². The van der Waals surface area contributed by atoms with Gasteiger partial charge in [0.15, 0.2) is 5.96 Å². The van der Waals surface area contributed by atoms with Gasteiger partial charge in [0.1, 0.15) is 5.75 Å². The molecule has 1 unspecified atom stereocenters. The first-order valence-corrected chi connectivity index (χ1v) is 9.34. The first kappa shape index (κ1) is 23.7. The van der Waals surface area contributed by atoms with Crippen molar-refractivity contribution >= 4 is 35.6 Å². The minimum absolute atomic E-state index is 0. The molecular weight excluding hydrogens is 503 g/mol. The maximum Gasteiger partial charge on any atom is 0.387 e. The number of halogens is 3. The van der Waals surface area contributed by atoms with Gasteiger partial charge in [-0.15, -0.1) is 24.0 Å². The van der Waals surface area contributed by atoms with Gasteiger partial charge in [-0.05, 0) is 36.2 Å². The Morgan fingerprint density at radius 2 is 2.00 bits per heavy atom. The normalized spacial score (nSPS) is 16.0. The number of hydrogen-bond donors (Lipinski definition) is 2. The highest BCUT2D eigenvalue weighted by Crippen LogP contribution is 2.31. The molecular formula is C21H24F2IN5O. The summed E-state index contributed by atoms with van der Waals surface area (Å²) in [6.07, 6.45) is 0.848. The van der Waals surface area contributed by atoms with E-state index in [1.165, 1.54) is 0 Å². The van der Waals surface area contributed by atoms with Gasteiger partial charge >= 0.3 is 6.61 Å². The Hall–Kier alpha value is -2.61. The van der Waals surface area contributed by atoms with Gasteiger partial charge in [0, 0.05) is 32.7 Å². The van der Waals surface area contributed by atoms with Crippen molar-refractivity contribution in [1.29, 1.82) is 5.26 Å². The van der Waals surface area contributed by atoms with Crippen molar-refractivity contribution < 1.29 is 13.5 Å². The molecule has 3 rings (SSSR count). The van der Waals surface area contributed by atoms with E-state index in [9.17, 15) is 8.78 Å². The monoisotopic (exact) mass is 527 g/mol. The van der Waals surface area contributed by atoms with E-state index in [2.05, 4.69) is 26.4 Å². The van der Waals surface area contributed by atoms with E-state index < -0.39 is 6.61 Å². The second-order valence-electron chi connectivity index (χ2n) is 6.66. The molecule has 0 saturated carbocycles. The van der Waals surface area contributed by atoms with Crippen molar-refractivity contribution in [3.8, 4) is 11.8 Å². The minimum atomic E-state index is -2.85. The van der Waals surface area contributed by atoms with Crippen LogP contribution in [0, 0.1) is 11.3 Å². The number of nitrogens with one attached hydrogen (secondary N) is 2. The number of ether oxygens (including phenoxy) is 1. The molecule has 6 nitrogen and oxygen atoms in total. The topological polar surface area (TPSA) is 72.7 Å². The Kier molecular flexibility index (Phi) is 9.11. The van der Waals surface area contributed by atoms with Crippen LogP contribution in [0.25, 0.3) is 0 Å². The predicted molar refractivity (Wildman–Crippen MR) is 124 cm³/mol. The van der Waals surface area contributed by atoms with E-state index in [0.717, 1.165) is 18.5 Å². The fraction of sp³-hybridized carbons (Fsp3) is 0.333. The van der Waals surface area contributed by atoms with Crippen LogP contribution in [-0.2, 0) is 6.54 Å². The number of guanidine groups is 1. The second-order valence-corrected chi connectivity index (χ2v) is 6.66. The molecule has 0 amide bonds. The molecule has 1 saturated heterocycles. The van der Waals surface area contributed by atoms with Crippen LogP contribution in [0.4, 0.5) is 14.5 Å². The zero-order valence-electron chi connectivity index (χ0n) is 16.5. The molecule has 1 atom stereocenters. The molecule has 0 spiro atoms. The lowest BCUT2D eigenvalue weighted by molar-refractivity contribution is -0.0495. The molecule has 160 valence electrons. The summed E-state index contributed by atoms with van der Waals surface area (Å²) in [5.41, 5.74) is 2.33. The van der Waals surface area contributed by atoms with Crippen molar-refractivity contribution in [3.63, 3.8) is 0 Å². The highest BCUT2D eigenvalue weighted by molar-refractivity contribution is 14.0. The van der Waals surface area contributed by atoms with Crippen LogP contribution in [0.15, 0.2) is 53.5 Å². The Labute approximate surface area is 192 Å². The van der Waals surface area contributed by atoms with Gasteiger partial charge in [-0.1, -0.05) is 24.3 Å². The summed E-state index contributed by atoms with van der Waals surface area (Å²) >= 11 is 0. The van der Waals surface area contributed by atoms with Gasteiger partial charge in [-0.2, -0.15) is 14.0 Å². The van der Waals surface area contributed by atoms with Crippen LogP contribution in [0.1, 0.15) is 17.5 Å². The van der Waals surface area contributed by atoms with Crippen LogP contribution in [0.3, 0.4) is 0 Å². The Bertz CT molecular complexity index is 886. The van der Waals surface area contributed by atoms with E-state index in [4.69, 9.17) is 5.26 Å². The summed E-state index contributed by atoms with van der Waals surface area (Å²) in [4.78, 5) is 6.29. The molecule has 1 heterocycles. The number of nitriles is 1. The lowest BCUT2D eigenvalue weighted by Gasteiger charge is -2.22. The quantitative estimate of drug-likeness (QED) is 0.341. The summed E-state index contributed by atoms with van der Waals surface area (Å²) in [5, 5.41) is 15.5.